The van der Waals surface area contributed by atoms with Gasteiger partial charge in [0.05, 0.1) is 17.2 Å². The lowest BCUT2D eigenvalue weighted by Crippen LogP contribution is -2.55. The minimum atomic E-state index is -5.01. The van der Waals surface area contributed by atoms with Crippen molar-refractivity contribution < 1.29 is 35.5 Å². The molecule has 0 radical (unpaired) electrons. The van der Waals surface area contributed by atoms with Gasteiger partial charge in [-0.15, -0.1) is 0 Å². The van der Waals surface area contributed by atoms with Crippen LogP contribution in [0.3, 0.4) is 0 Å². The van der Waals surface area contributed by atoms with Crippen molar-refractivity contribution in [2.24, 2.45) is 5.41 Å². The second-order valence-corrected chi connectivity index (χ2v) is 10.3. The van der Waals surface area contributed by atoms with Crippen LogP contribution in [0.15, 0.2) is 42.5 Å². The molecular weight excluding hydrogens is 523 g/mol. The summed E-state index contributed by atoms with van der Waals surface area (Å²) in [6.45, 7) is 5.68. The molecule has 2 atom stereocenters. The number of hydrogen-bond acceptors (Lipinski definition) is 2. The molecule has 37 heavy (non-hydrogen) atoms. The molecule has 3 rings (SSSR count). The number of nitrogens with one attached hydrogen (secondary N) is 2. The summed E-state index contributed by atoms with van der Waals surface area (Å²) in [5.74, 6) is -0.753. The van der Waals surface area contributed by atoms with Crippen molar-refractivity contribution in [2.75, 3.05) is 11.9 Å². The van der Waals surface area contributed by atoms with Crippen molar-refractivity contribution >= 4 is 28.9 Å². The Kier molecular flexibility index (Phi) is 8.11. The van der Waals surface area contributed by atoms with E-state index in [2.05, 4.69) is 10.6 Å². The van der Waals surface area contributed by atoms with Gasteiger partial charge in [0.1, 0.15) is 11.9 Å². The number of halogens is 7. The molecule has 2 N–H and O–H groups in total. The first kappa shape index (κ1) is 28.7. The van der Waals surface area contributed by atoms with Crippen molar-refractivity contribution in [3.8, 4) is 0 Å². The summed E-state index contributed by atoms with van der Waals surface area (Å²) in [5, 5.41) is 4.85. The van der Waals surface area contributed by atoms with Crippen LogP contribution in [0.1, 0.15) is 56.3 Å². The Labute approximate surface area is 215 Å². The number of benzene rings is 2. The van der Waals surface area contributed by atoms with Crippen LogP contribution in [-0.4, -0.2) is 28.5 Å². The van der Waals surface area contributed by atoms with Crippen LogP contribution in [0.2, 0.25) is 0 Å². The number of carbonyl (C=O) groups is 1. The van der Waals surface area contributed by atoms with Gasteiger partial charge in [-0.3, -0.25) is 4.79 Å². The summed E-state index contributed by atoms with van der Waals surface area (Å²) in [5.41, 5.74) is -3.48. The molecule has 202 valence electrons. The van der Waals surface area contributed by atoms with Crippen LogP contribution in [0.25, 0.3) is 0 Å². The predicted octanol–water partition coefficient (Wildman–Crippen LogP) is 6.93. The number of alkyl halides is 6. The Morgan fingerprint density at radius 3 is 2.00 bits per heavy atom. The van der Waals surface area contributed by atoms with E-state index in [4.69, 9.17) is 12.2 Å². The van der Waals surface area contributed by atoms with E-state index >= 15 is 0 Å². The number of nitrogens with zero attached hydrogens (tertiary/aromatic N) is 1. The van der Waals surface area contributed by atoms with Gasteiger partial charge in [-0.2, -0.15) is 26.3 Å². The van der Waals surface area contributed by atoms with Crippen molar-refractivity contribution in [2.45, 2.75) is 58.0 Å². The molecule has 1 amide bonds. The van der Waals surface area contributed by atoms with Gasteiger partial charge in [-0.05, 0) is 66.4 Å². The molecule has 1 heterocycles. The highest BCUT2D eigenvalue weighted by Gasteiger charge is 2.40. The molecule has 12 heteroatoms. The first-order valence-corrected chi connectivity index (χ1v) is 11.8. The van der Waals surface area contributed by atoms with E-state index in [1.165, 1.54) is 12.1 Å². The van der Waals surface area contributed by atoms with E-state index in [0.717, 1.165) is 5.56 Å². The summed E-state index contributed by atoms with van der Waals surface area (Å²) in [4.78, 5) is 15.2. The average molecular weight is 550 g/mol. The SMILES string of the molecule is CC(C)(C)[C@H](NC(=S)Nc1cc(C(F)(F)F)cc(C(F)(F)F)c1)C(=O)N1CCC[C@H]1c1ccc(F)cc1. The molecule has 1 fully saturated rings. The van der Waals surface area contributed by atoms with Crippen LogP contribution < -0.4 is 10.6 Å². The summed E-state index contributed by atoms with van der Waals surface area (Å²) in [6.07, 6.45) is -8.66. The first-order chi connectivity index (χ1) is 17.0. The third kappa shape index (κ3) is 7.12. The number of carbonyl (C=O) groups excluding carboxylic acids is 1. The Hall–Kier alpha value is -2.89. The van der Waals surface area contributed by atoms with Crippen molar-refractivity contribution in [1.29, 1.82) is 0 Å². The number of likely N-dealkylation sites (tertiary alicyclic amines) is 1. The molecule has 1 saturated heterocycles. The molecular formula is C25H26F7N3OS. The van der Waals surface area contributed by atoms with Gasteiger partial charge in [0.2, 0.25) is 5.91 Å². The predicted molar refractivity (Wildman–Crippen MR) is 129 cm³/mol. The van der Waals surface area contributed by atoms with Crippen molar-refractivity contribution in [3.05, 3.63) is 65.0 Å². The summed E-state index contributed by atoms with van der Waals surface area (Å²) < 4.78 is 92.6. The second kappa shape index (κ2) is 10.5. The summed E-state index contributed by atoms with van der Waals surface area (Å²) in [6, 6.07) is 5.60. The largest absolute Gasteiger partial charge is 0.416 e. The summed E-state index contributed by atoms with van der Waals surface area (Å²) >= 11 is 5.19. The average Bonchev–Trinajstić information content (AvgIpc) is 3.25. The zero-order chi connectivity index (χ0) is 27.8. The summed E-state index contributed by atoms with van der Waals surface area (Å²) in [7, 11) is 0. The van der Waals surface area contributed by atoms with Gasteiger partial charge in [0.25, 0.3) is 0 Å². The maximum absolute atomic E-state index is 13.6. The lowest BCUT2D eigenvalue weighted by molar-refractivity contribution is -0.143. The van der Waals surface area contributed by atoms with Gasteiger partial charge in [0, 0.05) is 12.2 Å². The zero-order valence-corrected chi connectivity index (χ0v) is 21.0. The van der Waals surface area contributed by atoms with E-state index < -0.39 is 46.4 Å². The normalized spacial score (nSPS) is 17.5. The molecule has 0 spiro atoms. The molecule has 0 aliphatic carbocycles. The Balaban J connectivity index is 1.84. The van der Waals surface area contributed by atoms with E-state index in [1.807, 2.05) is 0 Å². The van der Waals surface area contributed by atoms with Crippen LogP contribution >= 0.6 is 12.2 Å². The number of anilines is 1. The standard InChI is InChI=1S/C25H26F7N3OS/c1-23(2,3)20(21(36)35-10-4-5-19(35)14-6-8-17(26)9-7-14)34-22(37)33-18-12-15(24(27,28)29)11-16(13-18)25(30,31)32/h6-9,11-13,19-20H,4-5,10H2,1-3H3,(H2,33,34,37)/t19-,20+/m0/s1. The molecule has 0 aromatic heterocycles. The molecule has 2 aromatic rings. The zero-order valence-electron chi connectivity index (χ0n) is 20.2. The highest BCUT2D eigenvalue weighted by molar-refractivity contribution is 7.80. The number of hydrogen-bond donors (Lipinski definition) is 2. The van der Waals surface area contributed by atoms with Gasteiger partial charge in [-0.1, -0.05) is 32.9 Å². The fourth-order valence-electron chi connectivity index (χ4n) is 4.20. The van der Waals surface area contributed by atoms with Crippen LogP contribution in [0.4, 0.5) is 36.4 Å². The third-order valence-electron chi connectivity index (χ3n) is 6.02. The fraction of sp³-hybridized carbons (Fsp3) is 0.440. The van der Waals surface area contributed by atoms with E-state index in [9.17, 15) is 35.5 Å². The third-order valence-corrected chi connectivity index (χ3v) is 6.24. The molecule has 1 aliphatic rings. The lowest BCUT2D eigenvalue weighted by atomic mass is 9.85. The Morgan fingerprint density at radius 2 is 1.51 bits per heavy atom. The molecule has 4 nitrogen and oxygen atoms in total. The van der Waals surface area contributed by atoms with E-state index in [1.54, 1.807) is 37.8 Å². The van der Waals surface area contributed by atoms with Crippen LogP contribution in [0, 0.1) is 11.2 Å². The molecule has 0 saturated carbocycles. The first-order valence-electron chi connectivity index (χ1n) is 11.4. The highest BCUT2D eigenvalue weighted by atomic mass is 32.1. The Morgan fingerprint density at radius 1 is 0.973 bits per heavy atom. The van der Waals surface area contributed by atoms with E-state index in [-0.39, 0.29) is 23.1 Å². The van der Waals surface area contributed by atoms with Crippen molar-refractivity contribution in [3.63, 3.8) is 0 Å². The Bertz CT molecular complexity index is 1110. The van der Waals surface area contributed by atoms with Gasteiger partial charge < -0.3 is 15.5 Å². The van der Waals surface area contributed by atoms with Crippen LogP contribution in [-0.2, 0) is 17.1 Å². The highest BCUT2D eigenvalue weighted by Crippen LogP contribution is 2.38. The second-order valence-electron chi connectivity index (χ2n) is 9.93. The lowest BCUT2D eigenvalue weighted by Gasteiger charge is -2.36. The number of rotatable bonds is 4. The molecule has 0 unspecified atom stereocenters. The number of amides is 1. The smallest absolute Gasteiger partial charge is 0.350 e. The van der Waals surface area contributed by atoms with Gasteiger partial charge >= 0.3 is 12.4 Å². The minimum Gasteiger partial charge on any atom is -0.350 e. The van der Waals surface area contributed by atoms with E-state index in [0.29, 0.717) is 31.5 Å². The quantitative estimate of drug-likeness (QED) is 0.321. The number of thiocarbonyl (C=S) groups is 1. The van der Waals surface area contributed by atoms with Crippen LogP contribution in [0.5, 0.6) is 0 Å². The van der Waals surface area contributed by atoms with Gasteiger partial charge in [0.15, 0.2) is 5.11 Å². The molecule has 2 aromatic carbocycles. The molecule has 1 aliphatic heterocycles. The van der Waals surface area contributed by atoms with Crippen molar-refractivity contribution in [1.82, 2.24) is 10.2 Å². The molecule has 0 bridgehead atoms. The fourth-order valence-corrected chi connectivity index (χ4v) is 4.44. The minimum absolute atomic E-state index is 0.0199. The maximum Gasteiger partial charge on any atom is 0.416 e. The maximum atomic E-state index is 13.6. The topological polar surface area (TPSA) is 44.4 Å². The monoisotopic (exact) mass is 549 g/mol. The van der Waals surface area contributed by atoms with Gasteiger partial charge in [-0.25, -0.2) is 4.39 Å².